The SMILES string of the molecule is c1ccc(-c2cc(-n3c4ccccc4c4cc(-c5ccc6oc7cccc(-c8ccc9c(c8)c8cc(-c%10ccc%11c(c%10)c%10ccccc%10n%11-c%10ccccc%10)ccc8n9-c8ccccc8)c7c6c5)ccc43)nc(-c3ccccc3)n2)cc1. The van der Waals surface area contributed by atoms with Gasteiger partial charge in [-0.05, 0) is 137 Å². The Hall–Kier alpha value is -11.1. The molecule has 0 bridgehead atoms. The lowest BCUT2D eigenvalue weighted by atomic mass is 9.95. The predicted molar refractivity (Wildman–Crippen MR) is 340 cm³/mol. The molecule has 0 saturated heterocycles. The topological polar surface area (TPSA) is 53.7 Å². The Morgan fingerprint density at radius 2 is 0.683 bits per heavy atom. The summed E-state index contributed by atoms with van der Waals surface area (Å²) in [6.45, 7) is 0. The van der Waals surface area contributed by atoms with Gasteiger partial charge in [0.1, 0.15) is 17.0 Å². The number of aromatic nitrogens is 5. The zero-order valence-corrected chi connectivity index (χ0v) is 44.3. The lowest BCUT2D eigenvalue weighted by molar-refractivity contribution is 0.669. The molecule has 17 rings (SSSR count). The Bertz CT molecular complexity index is 5320. The lowest BCUT2D eigenvalue weighted by Gasteiger charge is -2.12. The van der Waals surface area contributed by atoms with Crippen molar-refractivity contribution >= 4 is 87.4 Å². The molecule has 0 radical (unpaired) electrons. The summed E-state index contributed by atoms with van der Waals surface area (Å²) < 4.78 is 13.8. The van der Waals surface area contributed by atoms with Crippen LogP contribution in [0, 0.1) is 0 Å². The van der Waals surface area contributed by atoms with Crippen molar-refractivity contribution in [2.45, 2.75) is 0 Å². The number of nitrogens with zero attached hydrogens (tertiary/aromatic N) is 5. The van der Waals surface area contributed by atoms with Crippen molar-refractivity contribution in [3.8, 4) is 73.2 Å². The van der Waals surface area contributed by atoms with Gasteiger partial charge in [-0.2, -0.15) is 0 Å². The van der Waals surface area contributed by atoms with Gasteiger partial charge in [0, 0.05) is 71.7 Å². The summed E-state index contributed by atoms with van der Waals surface area (Å²) in [6, 6.07) is 102. The molecule has 82 heavy (non-hydrogen) atoms. The molecule has 17 aromatic rings. The molecular weight excluding hydrogens is 999 g/mol. The van der Waals surface area contributed by atoms with Crippen LogP contribution in [0.1, 0.15) is 0 Å². The standard InChI is InChI=1S/C76H47N5O/c1-5-18-48(19-6-1)65-47-74(78-76(77-65)49-20-7-2-8-21-49)81-67-30-16-14-27-59(67)61-43-51(34-39-71(61)81)53-36-41-72-64(45-53)75-57(28-17-31-73(75)82-72)54-35-40-70-63(46-54)62-44-52(33-38-69(62)80(70)56-24-11-4-12-25-56)50-32-37-68-60(42-50)58-26-13-15-29-66(58)79(68)55-22-9-3-10-23-55/h1-47H. The van der Waals surface area contributed by atoms with Crippen LogP contribution in [0.4, 0.5) is 0 Å². The van der Waals surface area contributed by atoms with Crippen molar-refractivity contribution in [3.05, 3.63) is 285 Å². The highest BCUT2D eigenvalue weighted by atomic mass is 16.3. The van der Waals surface area contributed by atoms with E-state index in [2.05, 4.69) is 275 Å². The highest BCUT2D eigenvalue weighted by Gasteiger charge is 2.21. The largest absolute Gasteiger partial charge is 0.456 e. The van der Waals surface area contributed by atoms with Gasteiger partial charge in [-0.3, -0.25) is 4.57 Å². The molecule has 0 fully saturated rings. The summed E-state index contributed by atoms with van der Waals surface area (Å²) in [4.78, 5) is 10.4. The van der Waals surface area contributed by atoms with Crippen LogP contribution in [0.2, 0.25) is 0 Å². The number of para-hydroxylation sites is 4. The monoisotopic (exact) mass is 1050 g/mol. The first-order valence-electron chi connectivity index (χ1n) is 27.9. The average molecular weight is 1050 g/mol. The van der Waals surface area contributed by atoms with Crippen LogP contribution < -0.4 is 0 Å². The Kier molecular flexibility index (Phi) is 10.2. The maximum atomic E-state index is 6.72. The van der Waals surface area contributed by atoms with Gasteiger partial charge in [0.25, 0.3) is 0 Å². The Morgan fingerprint density at radius 1 is 0.256 bits per heavy atom. The zero-order valence-electron chi connectivity index (χ0n) is 44.3. The quantitative estimate of drug-likeness (QED) is 0.152. The number of hydrogen-bond donors (Lipinski definition) is 0. The minimum atomic E-state index is 0.682. The van der Waals surface area contributed by atoms with E-state index in [1.807, 2.05) is 24.3 Å². The highest BCUT2D eigenvalue weighted by molar-refractivity contribution is 6.17. The van der Waals surface area contributed by atoms with E-state index in [1.165, 1.54) is 43.7 Å². The van der Waals surface area contributed by atoms with Crippen molar-refractivity contribution in [2.75, 3.05) is 0 Å². The molecule has 0 N–H and O–H groups in total. The van der Waals surface area contributed by atoms with E-state index in [9.17, 15) is 0 Å². The van der Waals surface area contributed by atoms with Gasteiger partial charge in [-0.25, -0.2) is 9.97 Å². The van der Waals surface area contributed by atoms with Crippen LogP contribution in [0.5, 0.6) is 0 Å². The molecule has 0 aliphatic rings. The van der Waals surface area contributed by atoms with Crippen LogP contribution in [-0.4, -0.2) is 23.7 Å². The van der Waals surface area contributed by atoms with Gasteiger partial charge in [0.15, 0.2) is 5.82 Å². The van der Waals surface area contributed by atoms with E-state index in [1.54, 1.807) is 0 Å². The van der Waals surface area contributed by atoms with E-state index in [0.29, 0.717) is 5.82 Å². The number of fused-ring (bicyclic) bond motifs is 12. The van der Waals surface area contributed by atoms with Gasteiger partial charge in [-0.1, -0.05) is 176 Å². The van der Waals surface area contributed by atoms with Crippen molar-refractivity contribution in [1.29, 1.82) is 0 Å². The first-order chi connectivity index (χ1) is 40.6. The lowest BCUT2D eigenvalue weighted by Crippen LogP contribution is -2.02. The molecule has 0 aliphatic carbocycles. The highest BCUT2D eigenvalue weighted by Crippen LogP contribution is 2.44. The third kappa shape index (κ3) is 7.21. The summed E-state index contributed by atoms with van der Waals surface area (Å²) in [5.41, 5.74) is 20.6. The molecule has 0 atom stereocenters. The maximum Gasteiger partial charge on any atom is 0.162 e. The van der Waals surface area contributed by atoms with Gasteiger partial charge >= 0.3 is 0 Å². The van der Waals surface area contributed by atoms with Crippen LogP contribution in [0.25, 0.3) is 161 Å². The fourth-order valence-corrected chi connectivity index (χ4v) is 12.9. The fourth-order valence-electron chi connectivity index (χ4n) is 12.9. The number of hydrogen-bond acceptors (Lipinski definition) is 3. The molecule has 0 unspecified atom stereocenters. The molecule has 0 amide bonds. The van der Waals surface area contributed by atoms with Gasteiger partial charge < -0.3 is 13.6 Å². The van der Waals surface area contributed by atoms with E-state index in [0.717, 1.165) is 111 Å². The Morgan fingerprint density at radius 3 is 1.26 bits per heavy atom. The van der Waals surface area contributed by atoms with Crippen LogP contribution in [-0.2, 0) is 0 Å². The first-order valence-corrected chi connectivity index (χ1v) is 27.9. The van der Waals surface area contributed by atoms with Crippen molar-refractivity contribution in [3.63, 3.8) is 0 Å². The maximum absolute atomic E-state index is 6.72. The van der Waals surface area contributed by atoms with Gasteiger partial charge in [-0.15, -0.1) is 0 Å². The minimum Gasteiger partial charge on any atom is -0.456 e. The molecule has 6 heteroatoms. The second kappa shape index (κ2) is 18.2. The average Bonchev–Trinajstić information content (AvgIpc) is 3.52. The summed E-state index contributed by atoms with van der Waals surface area (Å²) in [5, 5.41) is 9.33. The van der Waals surface area contributed by atoms with E-state index in [4.69, 9.17) is 14.4 Å². The first kappa shape index (κ1) is 45.9. The summed E-state index contributed by atoms with van der Waals surface area (Å²) >= 11 is 0. The van der Waals surface area contributed by atoms with Gasteiger partial charge in [0.2, 0.25) is 0 Å². The van der Waals surface area contributed by atoms with E-state index in [-0.39, 0.29) is 0 Å². The normalized spacial score (nSPS) is 11.9. The molecule has 0 aliphatic heterocycles. The van der Waals surface area contributed by atoms with Crippen molar-refractivity contribution in [1.82, 2.24) is 23.7 Å². The zero-order chi connectivity index (χ0) is 53.8. The summed E-state index contributed by atoms with van der Waals surface area (Å²) in [5.74, 6) is 1.50. The predicted octanol–water partition coefficient (Wildman–Crippen LogP) is 20.0. The Balaban J connectivity index is 0.800. The van der Waals surface area contributed by atoms with Crippen LogP contribution in [0.15, 0.2) is 290 Å². The van der Waals surface area contributed by atoms with Crippen LogP contribution >= 0.6 is 0 Å². The smallest absolute Gasteiger partial charge is 0.162 e. The molecule has 0 spiro atoms. The number of benzene rings is 12. The summed E-state index contributed by atoms with van der Waals surface area (Å²) in [7, 11) is 0. The third-order valence-electron chi connectivity index (χ3n) is 16.7. The molecule has 0 saturated carbocycles. The molecule has 5 heterocycles. The molecule has 382 valence electrons. The van der Waals surface area contributed by atoms with Crippen molar-refractivity contribution < 1.29 is 4.42 Å². The minimum absolute atomic E-state index is 0.682. The summed E-state index contributed by atoms with van der Waals surface area (Å²) in [6.07, 6.45) is 0. The fraction of sp³-hybridized carbons (Fsp3) is 0. The van der Waals surface area contributed by atoms with Crippen molar-refractivity contribution in [2.24, 2.45) is 0 Å². The second-order valence-electron chi connectivity index (χ2n) is 21.3. The molecular formula is C76H47N5O. The van der Waals surface area contributed by atoms with Crippen LogP contribution in [0.3, 0.4) is 0 Å². The molecule has 5 aromatic heterocycles. The van der Waals surface area contributed by atoms with E-state index < -0.39 is 0 Å². The second-order valence-corrected chi connectivity index (χ2v) is 21.3. The molecule has 6 nitrogen and oxygen atoms in total. The third-order valence-corrected chi connectivity index (χ3v) is 16.7. The van der Waals surface area contributed by atoms with Gasteiger partial charge in [0.05, 0.1) is 38.8 Å². The Labute approximate surface area is 471 Å². The van der Waals surface area contributed by atoms with E-state index >= 15 is 0 Å². The molecule has 12 aromatic carbocycles. The number of furan rings is 1. The number of rotatable bonds is 8.